The Hall–Kier alpha value is -1.42. The van der Waals surface area contributed by atoms with Crippen LogP contribution in [0, 0.1) is 12.3 Å². The van der Waals surface area contributed by atoms with E-state index in [1.165, 1.54) is 0 Å². The number of hydrogen-bond acceptors (Lipinski definition) is 2. The van der Waals surface area contributed by atoms with Crippen LogP contribution in [0.2, 0.25) is 0 Å². The van der Waals surface area contributed by atoms with Crippen molar-refractivity contribution in [1.82, 2.24) is 0 Å². The number of aryl methyl sites for hydroxylation is 1. The maximum absolute atomic E-state index is 14.8. The number of alkyl halides is 1. The number of halogens is 1. The van der Waals surface area contributed by atoms with Gasteiger partial charge in [-0.25, -0.2) is 4.39 Å². The van der Waals surface area contributed by atoms with Gasteiger partial charge in [-0.2, -0.15) is 0 Å². The highest BCUT2D eigenvalue weighted by Gasteiger charge is 2.67. The van der Waals surface area contributed by atoms with E-state index < -0.39 is 17.2 Å². The van der Waals surface area contributed by atoms with Gasteiger partial charge in [-0.05, 0) is 43.6 Å². The minimum atomic E-state index is -1.30. The number of carbonyl (C=O) groups is 1. The van der Waals surface area contributed by atoms with Gasteiger partial charge in [-0.15, -0.1) is 0 Å². The number of carboxylic acid groups (broad SMARTS) is 1. The Bertz CT molecular complexity index is 541. The van der Waals surface area contributed by atoms with Crippen molar-refractivity contribution in [2.24, 2.45) is 11.1 Å². The number of rotatable bonds is 2. The van der Waals surface area contributed by atoms with Gasteiger partial charge in [-0.1, -0.05) is 29.8 Å². The van der Waals surface area contributed by atoms with Gasteiger partial charge >= 0.3 is 5.97 Å². The van der Waals surface area contributed by atoms with Crippen LogP contribution in [0.15, 0.2) is 24.3 Å². The maximum Gasteiger partial charge on any atom is 0.323 e. The van der Waals surface area contributed by atoms with E-state index in [4.69, 9.17) is 10.8 Å². The molecule has 2 saturated carbocycles. The van der Waals surface area contributed by atoms with Crippen molar-refractivity contribution in [2.75, 3.05) is 0 Å². The molecule has 0 heterocycles. The van der Waals surface area contributed by atoms with Crippen molar-refractivity contribution in [3.63, 3.8) is 0 Å². The second kappa shape index (κ2) is 3.57. The molecule has 4 heteroatoms. The van der Waals surface area contributed by atoms with E-state index in [0.29, 0.717) is 31.2 Å². The van der Waals surface area contributed by atoms with Crippen LogP contribution in [0.3, 0.4) is 0 Å². The van der Waals surface area contributed by atoms with Gasteiger partial charge in [0.2, 0.25) is 0 Å². The zero-order valence-electron chi connectivity index (χ0n) is 10.9. The Morgan fingerprint density at radius 2 is 1.95 bits per heavy atom. The summed E-state index contributed by atoms with van der Waals surface area (Å²) >= 11 is 0. The summed E-state index contributed by atoms with van der Waals surface area (Å²) in [5.74, 6) is -0.968. The number of aliphatic carboxylic acids is 1. The first kappa shape index (κ1) is 12.6. The van der Waals surface area contributed by atoms with Crippen LogP contribution >= 0.6 is 0 Å². The average Bonchev–Trinajstić information content (AvgIpc) is 2.24. The van der Waals surface area contributed by atoms with Gasteiger partial charge in [0.05, 0.1) is 0 Å². The quantitative estimate of drug-likeness (QED) is 0.861. The molecule has 1 spiro atoms. The SMILES string of the molecule is Cc1cccc(C2(F)CC3(CC(N)(C(=O)O)C3)C2)c1. The number of nitrogens with two attached hydrogens (primary N) is 1. The van der Waals surface area contributed by atoms with Crippen LogP contribution in [0.4, 0.5) is 4.39 Å². The molecular formula is C15H18FNO2. The van der Waals surface area contributed by atoms with Crippen LogP contribution in [-0.2, 0) is 10.5 Å². The molecule has 2 aliphatic carbocycles. The first-order valence-corrected chi connectivity index (χ1v) is 6.56. The fourth-order valence-corrected chi connectivity index (χ4v) is 3.95. The lowest BCUT2D eigenvalue weighted by Crippen LogP contribution is -2.68. The smallest absolute Gasteiger partial charge is 0.323 e. The van der Waals surface area contributed by atoms with E-state index in [-0.39, 0.29) is 5.41 Å². The lowest BCUT2D eigenvalue weighted by molar-refractivity contribution is -0.180. The second-order valence-corrected chi connectivity index (χ2v) is 6.50. The fraction of sp³-hybridized carbons (Fsp3) is 0.533. The third-order valence-electron chi connectivity index (χ3n) is 4.65. The molecule has 102 valence electrons. The molecule has 1 aromatic carbocycles. The normalized spacial score (nSPS) is 40.6. The molecule has 2 fully saturated rings. The second-order valence-electron chi connectivity index (χ2n) is 6.50. The molecule has 0 atom stereocenters. The monoisotopic (exact) mass is 263 g/mol. The molecule has 3 N–H and O–H groups in total. The zero-order chi connectivity index (χ0) is 13.9. The Labute approximate surface area is 111 Å². The lowest BCUT2D eigenvalue weighted by atomic mass is 9.44. The standard InChI is InChI=1S/C15H18FNO2/c1-10-3-2-4-11(5-10)14(16)6-13(7-14)8-15(17,9-13)12(18)19/h2-5H,6-9,17H2,1H3,(H,18,19). The molecule has 3 nitrogen and oxygen atoms in total. The zero-order valence-corrected chi connectivity index (χ0v) is 10.9. The first-order chi connectivity index (χ1) is 8.77. The summed E-state index contributed by atoms with van der Waals surface area (Å²) in [6.07, 6.45) is 1.59. The Morgan fingerprint density at radius 1 is 1.32 bits per heavy atom. The predicted octanol–water partition coefficient (Wildman–Crippen LogP) is 2.52. The molecule has 1 aromatic rings. The first-order valence-electron chi connectivity index (χ1n) is 6.56. The largest absolute Gasteiger partial charge is 0.480 e. The topological polar surface area (TPSA) is 63.3 Å². The molecule has 0 bridgehead atoms. The van der Waals surface area contributed by atoms with E-state index in [1.54, 1.807) is 0 Å². The highest BCUT2D eigenvalue weighted by atomic mass is 19.1. The van der Waals surface area contributed by atoms with Crippen LogP contribution in [-0.4, -0.2) is 16.6 Å². The summed E-state index contributed by atoms with van der Waals surface area (Å²) in [4.78, 5) is 11.0. The fourth-order valence-electron chi connectivity index (χ4n) is 3.95. The highest BCUT2D eigenvalue weighted by molar-refractivity contribution is 5.80. The third kappa shape index (κ3) is 1.77. The Morgan fingerprint density at radius 3 is 2.47 bits per heavy atom. The van der Waals surface area contributed by atoms with Crippen molar-refractivity contribution >= 4 is 5.97 Å². The summed E-state index contributed by atoms with van der Waals surface area (Å²) < 4.78 is 14.8. The van der Waals surface area contributed by atoms with Gasteiger partial charge < -0.3 is 10.8 Å². The van der Waals surface area contributed by atoms with Crippen molar-refractivity contribution in [2.45, 2.75) is 43.8 Å². The Balaban J connectivity index is 1.72. The average molecular weight is 263 g/mol. The molecule has 0 aromatic heterocycles. The van der Waals surface area contributed by atoms with Gasteiger partial charge in [0.25, 0.3) is 0 Å². The molecule has 0 unspecified atom stereocenters. The molecule has 0 amide bonds. The highest BCUT2D eigenvalue weighted by Crippen LogP contribution is 2.67. The van der Waals surface area contributed by atoms with Crippen LogP contribution in [0.5, 0.6) is 0 Å². The van der Waals surface area contributed by atoms with Crippen LogP contribution < -0.4 is 5.73 Å². The molecule has 0 saturated heterocycles. The molecule has 2 aliphatic rings. The minimum Gasteiger partial charge on any atom is -0.480 e. The van der Waals surface area contributed by atoms with Crippen LogP contribution in [0.1, 0.15) is 36.8 Å². The minimum absolute atomic E-state index is 0.189. The van der Waals surface area contributed by atoms with E-state index >= 15 is 0 Å². The van der Waals surface area contributed by atoms with E-state index in [2.05, 4.69) is 0 Å². The summed E-state index contributed by atoms with van der Waals surface area (Å²) in [5.41, 5.74) is 4.90. The summed E-state index contributed by atoms with van der Waals surface area (Å²) in [6.45, 7) is 1.94. The summed E-state index contributed by atoms with van der Waals surface area (Å²) in [6, 6.07) is 7.49. The molecular weight excluding hydrogens is 245 g/mol. The summed E-state index contributed by atoms with van der Waals surface area (Å²) in [7, 11) is 0. The maximum atomic E-state index is 14.8. The van der Waals surface area contributed by atoms with Crippen molar-refractivity contribution in [3.8, 4) is 0 Å². The molecule has 3 rings (SSSR count). The van der Waals surface area contributed by atoms with Gasteiger partial charge in [-0.3, -0.25) is 4.79 Å². The molecule has 0 aliphatic heterocycles. The van der Waals surface area contributed by atoms with E-state index in [0.717, 1.165) is 5.56 Å². The van der Waals surface area contributed by atoms with Gasteiger partial charge in [0.1, 0.15) is 11.2 Å². The van der Waals surface area contributed by atoms with Crippen molar-refractivity contribution in [1.29, 1.82) is 0 Å². The predicted molar refractivity (Wildman–Crippen MR) is 69.4 cm³/mol. The van der Waals surface area contributed by atoms with Gasteiger partial charge in [0, 0.05) is 0 Å². The molecule has 19 heavy (non-hydrogen) atoms. The van der Waals surface area contributed by atoms with E-state index in [9.17, 15) is 9.18 Å². The van der Waals surface area contributed by atoms with E-state index in [1.807, 2.05) is 31.2 Å². The number of hydrogen-bond donors (Lipinski definition) is 2. The summed E-state index contributed by atoms with van der Waals surface area (Å²) in [5, 5.41) is 9.01. The van der Waals surface area contributed by atoms with Crippen molar-refractivity contribution < 1.29 is 14.3 Å². The van der Waals surface area contributed by atoms with Gasteiger partial charge in [0.15, 0.2) is 0 Å². The number of benzene rings is 1. The van der Waals surface area contributed by atoms with Crippen LogP contribution in [0.25, 0.3) is 0 Å². The molecule has 0 radical (unpaired) electrons. The lowest BCUT2D eigenvalue weighted by Gasteiger charge is -2.62. The Kier molecular flexibility index (Phi) is 2.37. The number of carboxylic acids is 1. The third-order valence-corrected chi connectivity index (χ3v) is 4.65. The van der Waals surface area contributed by atoms with Crippen molar-refractivity contribution in [3.05, 3.63) is 35.4 Å².